The van der Waals surface area contributed by atoms with Gasteiger partial charge in [0.25, 0.3) is 10.0 Å². The van der Waals surface area contributed by atoms with Crippen LogP contribution in [0.5, 0.6) is 0 Å². The Balaban J connectivity index is 1.57. The van der Waals surface area contributed by atoms with E-state index in [0.717, 1.165) is 36.2 Å². The molecule has 1 N–H and O–H groups in total. The number of hydrogen-bond donors (Lipinski definition) is 1. The maximum atomic E-state index is 13.1. The summed E-state index contributed by atoms with van der Waals surface area (Å²) in [5.41, 5.74) is 3.93. The summed E-state index contributed by atoms with van der Waals surface area (Å²) < 4.78 is 30.5. The Morgan fingerprint density at radius 2 is 1.59 bits per heavy atom. The first-order valence-corrected chi connectivity index (χ1v) is 13.0. The average Bonchev–Trinajstić information content (AvgIpc) is 2.79. The molecule has 3 aromatic rings. The Hall–Kier alpha value is -3.26. The van der Waals surface area contributed by atoms with Crippen LogP contribution in [0.3, 0.4) is 0 Å². The van der Waals surface area contributed by atoms with Crippen molar-refractivity contribution >= 4 is 21.9 Å². The fourth-order valence-corrected chi connectivity index (χ4v) is 5.19. The summed E-state index contributed by atoms with van der Waals surface area (Å²) in [6.45, 7) is 7.10. The number of benzene rings is 2. The number of nitrogens with zero attached hydrogens (tertiary/aromatic N) is 4. The highest BCUT2D eigenvalue weighted by Gasteiger charge is 2.25. The van der Waals surface area contributed by atoms with E-state index in [9.17, 15) is 8.42 Å². The van der Waals surface area contributed by atoms with Gasteiger partial charge in [0.1, 0.15) is 0 Å². The quantitative estimate of drug-likeness (QED) is 0.430. The fourth-order valence-electron chi connectivity index (χ4n) is 4.21. The number of nitrogens with one attached hydrogen (secondary N) is 1. The number of guanidine groups is 1. The van der Waals surface area contributed by atoms with E-state index in [0.29, 0.717) is 25.0 Å². The highest BCUT2D eigenvalue weighted by atomic mass is 32.2. The van der Waals surface area contributed by atoms with Gasteiger partial charge in [0.15, 0.2) is 0 Å². The molecule has 8 heteroatoms. The van der Waals surface area contributed by atoms with Crippen LogP contribution in [0, 0.1) is 26.7 Å². The second-order valence-corrected chi connectivity index (χ2v) is 10.5. The third kappa shape index (κ3) is 6.20. The molecule has 0 unspecified atom stereocenters. The van der Waals surface area contributed by atoms with Crippen molar-refractivity contribution in [2.24, 2.45) is 10.3 Å². The fraction of sp³-hybridized carbons (Fsp3) is 0.346. The van der Waals surface area contributed by atoms with Crippen molar-refractivity contribution in [3.8, 4) is 0 Å². The lowest BCUT2D eigenvalue weighted by Crippen LogP contribution is -2.43. The summed E-state index contributed by atoms with van der Waals surface area (Å²) in [5, 5.41) is 3.11. The lowest BCUT2D eigenvalue weighted by atomic mass is 9.90. The molecule has 0 bridgehead atoms. The maximum absolute atomic E-state index is 13.1. The van der Waals surface area contributed by atoms with E-state index < -0.39 is 10.0 Å². The number of hydrogen-bond acceptors (Lipinski definition) is 4. The lowest BCUT2D eigenvalue weighted by Gasteiger charge is -2.34. The van der Waals surface area contributed by atoms with Crippen LogP contribution in [0.15, 0.2) is 70.0 Å². The zero-order valence-electron chi connectivity index (χ0n) is 19.9. The van der Waals surface area contributed by atoms with Crippen molar-refractivity contribution in [2.45, 2.75) is 44.9 Å². The summed E-state index contributed by atoms with van der Waals surface area (Å²) >= 11 is 0. The minimum Gasteiger partial charge on any atom is -0.342 e. The molecule has 1 aromatic heterocycles. The van der Waals surface area contributed by atoms with E-state index in [2.05, 4.69) is 43.9 Å². The first kappa shape index (κ1) is 23.9. The molecule has 2 aromatic carbocycles. The predicted octanol–water partition coefficient (Wildman–Crippen LogP) is 4.51. The molecule has 1 saturated heterocycles. The van der Waals surface area contributed by atoms with Crippen molar-refractivity contribution in [1.29, 1.82) is 0 Å². The SMILES string of the molecule is Cc1ccc(S(=O)(=O)/N=C(/Nc2nc(C)cc(C)n2)N2CCC(Cc3ccccc3)CC2)cc1. The molecule has 0 spiro atoms. The molecule has 34 heavy (non-hydrogen) atoms. The van der Waals surface area contributed by atoms with Crippen LogP contribution < -0.4 is 5.32 Å². The first-order chi connectivity index (χ1) is 16.3. The number of piperidine rings is 1. The van der Waals surface area contributed by atoms with Crippen molar-refractivity contribution in [3.05, 3.63) is 83.2 Å². The Labute approximate surface area is 202 Å². The average molecular weight is 478 g/mol. The highest BCUT2D eigenvalue weighted by Crippen LogP contribution is 2.23. The molecule has 1 aliphatic heterocycles. The number of anilines is 1. The summed E-state index contributed by atoms with van der Waals surface area (Å²) in [7, 11) is -3.90. The smallest absolute Gasteiger partial charge is 0.285 e. The standard InChI is InChI=1S/C26H31N5O2S/c1-19-9-11-24(12-10-19)34(32,33)30-26(29-25-27-20(2)17-21(3)28-25)31-15-13-23(14-16-31)18-22-7-5-4-6-8-22/h4-12,17,23H,13-16,18H2,1-3H3,(H,27,28,29,30). The molecule has 1 aliphatic rings. The third-order valence-electron chi connectivity index (χ3n) is 6.01. The van der Waals surface area contributed by atoms with Crippen LogP contribution in [-0.2, 0) is 16.4 Å². The van der Waals surface area contributed by atoms with Crippen LogP contribution >= 0.6 is 0 Å². The van der Waals surface area contributed by atoms with Crippen molar-refractivity contribution in [2.75, 3.05) is 18.4 Å². The molecule has 7 nitrogen and oxygen atoms in total. The Morgan fingerprint density at radius 1 is 0.971 bits per heavy atom. The number of aromatic nitrogens is 2. The number of rotatable bonds is 5. The molecular formula is C26H31N5O2S. The van der Waals surface area contributed by atoms with Gasteiger partial charge >= 0.3 is 0 Å². The second kappa shape index (κ2) is 10.3. The predicted molar refractivity (Wildman–Crippen MR) is 135 cm³/mol. The molecule has 0 radical (unpaired) electrons. The molecular weight excluding hydrogens is 446 g/mol. The molecule has 178 valence electrons. The third-order valence-corrected chi connectivity index (χ3v) is 7.29. The van der Waals surface area contributed by atoms with Crippen LogP contribution in [0.25, 0.3) is 0 Å². The van der Waals surface area contributed by atoms with Gasteiger partial charge in [-0.2, -0.15) is 8.42 Å². The zero-order chi connectivity index (χ0) is 24.1. The number of likely N-dealkylation sites (tertiary alicyclic amines) is 1. The van der Waals surface area contributed by atoms with Gasteiger partial charge in [0.05, 0.1) is 4.90 Å². The van der Waals surface area contributed by atoms with Crippen LogP contribution in [0.4, 0.5) is 5.95 Å². The molecule has 2 heterocycles. The molecule has 1 fully saturated rings. The number of aryl methyl sites for hydroxylation is 3. The second-order valence-electron chi connectivity index (χ2n) is 8.92. The van der Waals surface area contributed by atoms with E-state index in [1.165, 1.54) is 5.56 Å². The summed E-state index contributed by atoms with van der Waals surface area (Å²) in [6.07, 6.45) is 2.93. The Kier molecular flexibility index (Phi) is 7.26. The normalized spacial score (nSPS) is 15.4. The molecule has 0 aliphatic carbocycles. The first-order valence-electron chi connectivity index (χ1n) is 11.6. The van der Waals surface area contributed by atoms with Gasteiger partial charge in [0.2, 0.25) is 11.9 Å². The van der Waals surface area contributed by atoms with Crippen molar-refractivity contribution in [1.82, 2.24) is 14.9 Å². The Morgan fingerprint density at radius 3 is 2.21 bits per heavy atom. The van der Waals surface area contributed by atoms with E-state index in [1.54, 1.807) is 24.3 Å². The topological polar surface area (TPSA) is 87.5 Å². The van der Waals surface area contributed by atoms with Gasteiger partial charge in [-0.25, -0.2) is 9.97 Å². The van der Waals surface area contributed by atoms with Crippen molar-refractivity contribution in [3.63, 3.8) is 0 Å². The van der Waals surface area contributed by atoms with E-state index in [-0.39, 0.29) is 10.9 Å². The highest BCUT2D eigenvalue weighted by molar-refractivity contribution is 7.90. The van der Waals surface area contributed by atoms with E-state index in [1.807, 2.05) is 37.8 Å². The molecule has 0 atom stereocenters. The maximum Gasteiger partial charge on any atom is 0.285 e. The molecule has 4 rings (SSSR count). The van der Waals surface area contributed by atoms with Gasteiger partial charge in [-0.05, 0) is 69.7 Å². The zero-order valence-corrected chi connectivity index (χ0v) is 20.7. The van der Waals surface area contributed by atoms with Crippen LogP contribution in [0.2, 0.25) is 0 Å². The van der Waals surface area contributed by atoms with Crippen LogP contribution in [0.1, 0.15) is 35.4 Å². The van der Waals surface area contributed by atoms with E-state index in [4.69, 9.17) is 0 Å². The Bertz CT molecular complexity index is 1230. The number of sulfonamides is 1. The summed E-state index contributed by atoms with van der Waals surface area (Å²) in [6, 6.07) is 19.1. The van der Waals surface area contributed by atoms with Crippen molar-refractivity contribution < 1.29 is 8.42 Å². The molecule has 0 saturated carbocycles. The molecule has 0 amide bonds. The summed E-state index contributed by atoms with van der Waals surface area (Å²) in [5.74, 6) is 1.16. The van der Waals surface area contributed by atoms with Gasteiger partial charge in [-0.15, -0.1) is 4.40 Å². The summed E-state index contributed by atoms with van der Waals surface area (Å²) in [4.78, 5) is 11.0. The van der Waals surface area contributed by atoms with Gasteiger partial charge in [-0.1, -0.05) is 48.0 Å². The minimum atomic E-state index is -3.90. The van der Waals surface area contributed by atoms with Crippen LogP contribution in [-0.4, -0.2) is 42.3 Å². The van der Waals surface area contributed by atoms with Gasteiger partial charge in [-0.3, -0.25) is 5.32 Å². The largest absolute Gasteiger partial charge is 0.342 e. The van der Waals surface area contributed by atoms with Gasteiger partial charge in [0, 0.05) is 24.5 Å². The van der Waals surface area contributed by atoms with E-state index >= 15 is 0 Å². The van der Waals surface area contributed by atoms with Gasteiger partial charge < -0.3 is 4.90 Å². The monoisotopic (exact) mass is 477 g/mol. The minimum absolute atomic E-state index is 0.165. The lowest BCUT2D eigenvalue weighted by molar-refractivity contribution is 0.265.